The van der Waals surface area contributed by atoms with Crippen molar-refractivity contribution in [2.45, 2.75) is 45.1 Å². The molecule has 1 amide bonds. The maximum absolute atomic E-state index is 12.0. The summed E-state index contributed by atoms with van der Waals surface area (Å²) >= 11 is 0. The van der Waals surface area contributed by atoms with Crippen LogP contribution >= 0.6 is 0 Å². The number of carbonyl (C=O) groups is 1. The molecule has 0 fully saturated rings. The van der Waals surface area contributed by atoms with Crippen LogP contribution in [0.3, 0.4) is 0 Å². The Labute approximate surface area is 112 Å². The first-order valence-electron chi connectivity index (χ1n) is 6.87. The molecule has 4 N–H and O–H groups in total. The zero-order chi connectivity index (χ0) is 13.8. The van der Waals surface area contributed by atoms with E-state index < -0.39 is 0 Å². The van der Waals surface area contributed by atoms with Crippen LogP contribution in [0.5, 0.6) is 0 Å². The van der Waals surface area contributed by atoms with Crippen molar-refractivity contribution in [3.63, 3.8) is 0 Å². The normalized spacial score (nSPS) is 15.7. The molecule has 1 unspecified atom stereocenters. The average molecular weight is 263 g/mol. The summed E-state index contributed by atoms with van der Waals surface area (Å²) in [5.74, 6) is -0.310. The number of nitrogens with two attached hydrogens (primary N) is 1. The van der Waals surface area contributed by atoms with E-state index in [0.717, 1.165) is 36.9 Å². The quantitative estimate of drug-likeness (QED) is 0.748. The molecule has 0 bridgehead atoms. The third-order valence-corrected chi connectivity index (χ3v) is 3.47. The fourth-order valence-corrected chi connectivity index (χ4v) is 2.35. The molecule has 1 aromatic heterocycles. The zero-order valence-electron chi connectivity index (χ0n) is 11.3. The highest BCUT2D eigenvalue weighted by atomic mass is 16.2. The van der Waals surface area contributed by atoms with Crippen LogP contribution < -0.4 is 16.6 Å². The second kappa shape index (κ2) is 6.02. The van der Waals surface area contributed by atoms with E-state index in [4.69, 9.17) is 5.73 Å². The van der Waals surface area contributed by atoms with Crippen molar-refractivity contribution in [3.05, 3.63) is 33.2 Å². The van der Waals surface area contributed by atoms with Gasteiger partial charge in [0.05, 0.1) is 0 Å². The largest absolute Gasteiger partial charge is 0.352 e. The van der Waals surface area contributed by atoms with E-state index >= 15 is 0 Å². The molecule has 5 heteroatoms. The second-order valence-electron chi connectivity index (χ2n) is 5.24. The Bertz CT molecular complexity index is 520. The van der Waals surface area contributed by atoms with E-state index in [2.05, 4.69) is 10.3 Å². The molecule has 0 saturated carbocycles. The van der Waals surface area contributed by atoms with Gasteiger partial charge in [-0.2, -0.15) is 0 Å². The maximum Gasteiger partial charge on any atom is 0.261 e. The summed E-state index contributed by atoms with van der Waals surface area (Å²) in [5.41, 5.74) is 7.63. The standard InChI is InChI=1S/C14H21N3O2/c1-9(15)6-7-16-13(18)11-8-10-4-2-3-5-12(10)17-14(11)19/h8-9H,2-7,15H2,1H3,(H,16,18)(H,17,19). The van der Waals surface area contributed by atoms with Gasteiger partial charge in [-0.05, 0) is 50.7 Å². The molecule has 2 rings (SSSR count). The molecule has 1 aliphatic carbocycles. The van der Waals surface area contributed by atoms with Gasteiger partial charge < -0.3 is 16.0 Å². The van der Waals surface area contributed by atoms with Gasteiger partial charge in [-0.1, -0.05) is 0 Å². The molecular weight excluding hydrogens is 242 g/mol. The molecule has 1 aliphatic rings. The molecule has 0 aliphatic heterocycles. The van der Waals surface area contributed by atoms with Crippen LogP contribution in [-0.4, -0.2) is 23.5 Å². The average Bonchev–Trinajstić information content (AvgIpc) is 2.37. The third-order valence-electron chi connectivity index (χ3n) is 3.47. The minimum Gasteiger partial charge on any atom is -0.352 e. The van der Waals surface area contributed by atoms with E-state index in [1.165, 1.54) is 0 Å². The third kappa shape index (κ3) is 3.44. The topological polar surface area (TPSA) is 88.0 Å². The summed E-state index contributed by atoms with van der Waals surface area (Å²) in [7, 11) is 0. The monoisotopic (exact) mass is 263 g/mol. The number of aromatic amines is 1. The smallest absolute Gasteiger partial charge is 0.261 e. The Kier molecular flexibility index (Phi) is 4.37. The Morgan fingerprint density at radius 1 is 1.47 bits per heavy atom. The van der Waals surface area contributed by atoms with E-state index in [9.17, 15) is 9.59 Å². The summed E-state index contributed by atoms with van der Waals surface area (Å²) in [6.45, 7) is 2.38. The van der Waals surface area contributed by atoms with Gasteiger partial charge in [-0.25, -0.2) is 0 Å². The number of carbonyl (C=O) groups excluding carboxylic acids is 1. The molecule has 104 valence electrons. The summed E-state index contributed by atoms with van der Waals surface area (Å²) in [5, 5.41) is 2.74. The number of hydrogen-bond acceptors (Lipinski definition) is 3. The molecular formula is C14H21N3O2. The van der Waals surface area contributed by atoms with Crippen molar-refractivity contribution in [2.75, 3.05) is 6.54 Å². The minimum atomic E-state index is -0.310. The van der Waals surface area contributed by atoms with Gasteiger partial charge in [-0.15, -0.1) is 0 Å². The second-order valence-corrected chi connectivity index (χ2v) is 5.24. The van der Waals surface area contributed by atoms with Crippen molar-refractivity contribution in [1.29, 1.82) is 0 Å². The fraction of sp³-hybridized carbons (Fsp3) is 0.571. The fourth-order valence-electron chi connectivity index (χ4n) is 2.35. The SMILES string of the molecule is CC(N)CCNC(=O)c1cc2c([nH]c1=O)CCCC2. The predicted octanol–water partition coefficient (Wildman–Crippen LogP) is 0.721. The Morgan fingerprint density at radius 2 is 2.21 bits per heavy atom. The van der Waals surface area contributed by atoms with Gasteiger partial charge in [0.15, 0.2) is 0 Å². The van der Waals surface area contributed by atoms with Crippen molar-refractivity contribution >= 4 is 5.91 Å². The summed E-state index contributed by atoms with van der Waals surface area (Å²) in [6, 6.07) is 1.79. The number of nitrogens with one attached hydrogen (secondary N) is 2. The first-order valence-corrected chi connectivity index (χ1v) is 6.87. The van der Waals surface area contributed by atoms with Gasteiger partial charge in [0.1, 0.15) is 5.56 Å². The minimum absolute atomic E-state index is 0.0436. The van der Waals surface area contributed by atoms with Crippen LogP contribution in [0, 0.1) is 0 Å². The number of fused-ring (bicyclic) bond motifs is 1. The van der Waals surface area contributed by atoms with Crippen molar-refractivity contribution in [3.8, 4) is 0 Å². The summed E-state index contributed by atoms with van der Waals surface area (Å²) < 4.78 is 0. The number of aromatic nitrogens is 1. The van der Waals surface area contributed by atoms with Crippen LogP contribution in [-0.2, 0) is 12.8 Å². The van der Waals surface area contributed by atoms with Crippen LogP contribution in [0.25, 0.3) is 0 Å². The molecule has 5 nitrogen and oxygen atoms in total. The molecule has 0 aromatic carbocycles. The number of aryl methyl sites for hydroxylation is 2. The van der Waals surface area contributed by atoms with E-state index in [1.54, 1.807) is 6.07 Å². The van der Waals surface area contributed by atoms with Gasteiger partial charge in [-0.3, -0.25) is 9.59 Å². The first-order chi connectivity index (χ1) is 9.08. The Morgan fingerprint density at radius 3 is 2.95 bits per heavy atom. The molecule has 1 atom stereocenters. The van der Waals surface area contributed by atoms with Crippen LogP contribution in [0.4, 0.5) is 0 Å². The Hall–Kier alpha value is -1.62. The number of H-pyrrole nitrogens is 1. The van der Waals surface area contributed by atoms with Crippen molar-refractivity contribution in [2.24, 2.45) is 5.73 Å². The highest BCUT2D eigenvalue weighted by Gasteiger charge is 2.16. The van der Waals surface area contributed by atoms with Crippen LogP contribution in [0.1, 0.15) is 47.8 Å². The molecule has 1 heterocycles. The highest BCUT2D eigenvalue weighted by Crippen LogP contribution is 2.18. The van der Waals surface area contributed by atoms with Gasteiger partial charge >= 0.3 is 0 Å². The zero-order valence-corrected chi connectivity index (χ0v) is 11.3. The molecule has 0 saturated heterocycles. The van der Waals surface area contributed by atoms with Gasteiger partial charge in [0.2, 0.25) is 0 Å². The summed E-state index contributed by atoms with van der Waals surface area (Å²) in [6.07, 6.45) is 4.76. The van der Waals surface area contributed by atoms with Crippen LogP contribution in [0.15, 0.2) is 10.9 Å². The molecule has 1 aromatic rings. The number of rotatable bonds is 4. The summed E-state index contributed by atoms with van der Waals surface area (Å²) in [4.78, 5) is 26.7. The number of amides is 1. The lowest BCUT2D eigenvalue weighted by Gasteiger charge is -2.16. The van der Waals surface area contributed by atoms with Gasteiger partial charge in [0.25, 0.3) is 11.5 Å². The number of hydrogen-bond donors (Lipinski definition) is 3. The van der Waals surface area contributed by atoms with Crippen molar-refractivity contribution in [1.82, 2.24) is 10.3 Å². The number of pyridine rings is 1. The highest BCUT2D eigenvalue weighted by molar-refractivity contribution is 5.94. The molecule has 0 radical (unpaired) electrons. The van der Waals surface area contributed by atoms with Gasteiger partial charge in [0, 0.05) is 18.3 Å². The van der Waals surface area contributed by atoms with E-state index in [1.807, 2.05) is 6.92 Å². The van der Waals surface area contributed by atoms with E-state index in [-0.39, 0.29) is 23.1 Å². The first kappa shape index (κ1) is 13.8. The lowest BCUT2D eigenvalue weighted by atomic mass is 9.95. The van der Waals surface area contributed by atoms with E-state index in [0.29, 0.717) is 13.0 Å². The van der Waals surface area contributed by atoms with Crippen molar-refractivity contribution < 1.29 is 4.79 Å². The van der Waals surface area contributed by atoms with Crippen LogP contribution in [0.2, 0.25) is 0 Å². The maximum atomic E-state index is 12.0. The predicted molar refractivity (Wildman–Crippen MR) is 74.3 cm³/mol. The Balaban J connectivity index is 2.11. The lowest BCUT2D eigenvalue weighted by molar-refractivity contribution is 0.0951. The molecule has 0 spiro atoms. The molecule has 19 heavy (non-hydrogen) atoms. The lowest BCUT2D eigenvalue weighted by Crippen LogP contribution is -2.33.